The zero-order valence-electron chi connectivity index (χ0n) is 16.1. The maximum Gasteiger partial charge on any atom is 0.253 e. The van der Waals surface area contributed by atoms with E-state index in [-0.39, 0.29) is 17.7 Å². The van der Waals surface area contributed by atoms with Gasteiger partial charge in [-0.25, -0.2) is 0 Å². The quantitative estimate of drug-likeness (QED) is 0.663. The van der Waals surface area contributed by atoms with Gasteiger partial charge in [0.05, 0.1) is 5.56 Å². The predicted octanol–water partition coefficient (Wildman–Crippen LogP) is 3.04. The van der Waals surface area contributed by atoms with Crippen LogP contribution in [0.2, 0.25) is 0 Å². The number of nitrogens with one attached hydrogen (secondary N) is 2. The Morgan fingerprint density at radius 1 is 1.23 bits per heavy atom. The van der Waals surface area contributed by atoms with Gasteiger partial charge in [-0.3, -0.25) is 9.59 Å². The van der Waals surface area contributed by atoms with Crippen LogP contribution in [0.25, 0.3) is 0 Å². The summed E-state index contributed by atoms with van der Waals surface area (Å²) >= 11 is 0. The molecule has 1 saturated heterocycles. The Bertz CT molecular complexity index is 610. The second-order valence-electron chi connectivity index (χ2n) is 6.88. The number of hydrogen-bond donors (Lipinski definition) is 2. The summed E-state index contributed by atoms with van der Waals surface area (Å²) in [6.45, 7) is 9.47. The molecule has 1 aromatic rings. The van der Waals surface area contributed by atoms with Crippen molar-refractivity contribution in [3.63, 3.8) is 0 Å². The molecule has 1 aliphatic rings. The zero-order valence-corrected chi connectivity index (χ0v) is 16.1. The molecule has 0 bridgehead atoms. The SMILES string of the molecule is CCOCCCNC(=O)c1cc(NC(=O)C(C)C)ccc1N1CCCC1. The fourth-order valence-corrected chi connectivity index (χ4v) is 2.93. The van der Waals surface area contributed by atoms with Crippen molar-refractivity contribution in [1.29, 1.82) is 0 Å². The van der Waals surface area contributed by atoms with E-state index in [1.165, 1.54) is 0 Å². The highest BCUT2D eigenvalue weighted by molar-refractivity contribution is 6.02. The zero-order chi connectivity index (χ0) is 18.9. The lowest BCUT2D eigenvalue weighted by atomic mass is 10.1. The number of anilines is 2. The standard InChI is InChI=1S/C20H31N3O3/c1-4-26-13-7-10-21-20(25)17-14-16(22-19(24)15(2)3)8-9-18(17)23-11-5-6-12-23/h8-9,14-15H,4-7,10-13H2,1-3H3,(H,21,25)(H,22,24). The number of hydrogen-bond acceptors (Lipinski definition) is 4. The predicted molar refractivity (Wildman–Crippen MR) is 105 cm³/mol. The Kier molecular flexibility index (Phi) is 7.91. The fraction of sp³-hybridized carbons (Fsp3) is 0.600. The molecule has 0 spiro atoms. The number of carbonyl (C=O) groups is 2. The van der Waals surface area contributed by atoms with Crippen molar-refractivity contribution in [2.75, 3.05) is 43.1 Å². The van der Waals surface area contributed by atoms with E-state index >= 15 is 0 Å². The third-order valence-corrected chi connectivity index (χ3v) is 4.43. The molecule has 0 aromatic heterocycles. The monoisotopic (exact) mass is 361 g/mol. The van der Waals surface area contributed by atoms with Crippen LogP contribution >= 0.6 is 0 Å². The van der Waals surface area contributed by atoms with E-state index in [0.717, 1.165) is 38.0 Å². The molecule has 0 aliphatic carbocycles. The van der Waals surface area contributed by atoms with Gasteiger partial charge in [-0.15, -0.1) is 0 Å². The maximum atomic E-state index is 12.7. The van der Waals surface area contributed by atoms with Gasteiger partial charge < -0.3 is 20.3 Å². The van der Waals surface area contributed by atoms with Gasteiger partial charge in [0.15, 0.2) is 0 Å². The van der Waals surface area contributed by atoms with Crippen LogP contribution in [0.1, 0.15) is 50.4 Å². The van der Waals surface area contributed by atoms with Crippen LogP contribution in [-0.2, 0) is 9.53 Å². The number of ether oxygens (including phenoxy) is 1. The Balaban J connectivity index is 2.12. The molecule has 144 valence electrons. The van der Waals surface area contributed by atoms with Gasteiger partial charge in [-0.05, 0) is 44.4 Å². The first-order valence-electron chi connectivity index (χ1n) is 9.58. The Morgan fingerprint density at radius 2 is 1.96 bits per heavy atom. The molecule has 2 amide bonds. The Morgan fingerprint density at radius 3 is 2.62 bits per heavy atom. The molecule has 2 N–H and O–H groups in total. The van der Waals surface area contributed by atoms with Crippen molar-refractivity contribution in [3.8, 4) is 0 Å². The average molecular weight is 361 g/mol. The third kappa shape index (κ3) is 5.73. The molecular weight excluding hydrogens is 330 g/mol. The first kappa shape index (κ1) is 20.2. The van der Waals surface area contributed by atoms with E-state index in [1.807, 2.05) is 32.9 Å². The number of carbonyl (C=O) groups excluding carboxylic acids is 2. The second kappa shape index (κ2) is 10.2. The number of nitrogens with zero attached hydrogens (tertiary/aromatic N) is 1. The van der Waals surface area contributed by atoms with Crippen LogP contribution in [-0.4, -0.2) is 44.7 Å². The number of rotatable bonds is 9. The van der Waals surface area contributed by atoms with Gasteiger partial charge in [0.2, 0.25) is 5.91 Å². The molecule has 26 heavy (non-hydrogen) atoms. The smallest absolute Gasteiger partial charge is 0.253 e. The van der Waals surface area contributed by atoms with E-state index in [9.17, 15) is 9.59 Å². The number of benzene rings is 1. The summed E-state index contributed by atoms with van der Waals surface area (Å²) in [5, 5.41) is 5.85. The maximum absolute atomic E-state index is 12.7. The van der Waals surface area contributed by atoms with Crippen molar-refractivity contribution in [3.05, 3.63) is 23.8 Å². The second-order valence-corrected chi connectivity index (χ2v) is 6.88. The molecule has 0 radical (unpaired) electrons. The normalized spacial score (nSPS) is 13.9. The molecule has 6 heteroatoms. The summed E-state index contributed by atoms with van der Waals surface area (Å²) in [6.07, 6.45) is 3.06. The molecular formula is C20H31N3O3. The van der Waals surface area contributed by atoms with E-state index < -0.39 is 0 Å². The lowest BCUT2D eigenvalue weighted by Crippen LogP contribution is -2.29. The summed E-state index contributed by atoms with van der Waals surface area (Å²) in [6, 6.07) is 5.60. The fourth-order valence-electron chi connectivity index (χ4n) is 2.93. The van der Waals surface area contributed by atoms with Crippen LogP contribution in [0.15, 0.2) is 18.2 Å². The van der Waals surface area contributed by atoms with Gasteiger partial charge in [0.25, 0.3) is 5.91 Å². The molecule has 1 aliphatic heterocycles. The lowest BCUT2D eigenvalue weighted by molar-refractivity contribution is -0.118. The highest BCUT2D eigenvalue weighted by atomic mass is 16.5. The first-order chi connectivity index (χ1) is 12.5. The van der Waals surface area contributed by atoms with Gasteiger partial charge in [-0.2, -0.15) is 0 Å². The minimum Gasteiger partial charge on any atom is -0.382 e. The largest absolute Gasteiger partial charge is 0.382 e. The van der Waals surface area contributed by atoms with Crippen LogP contribution in [0.3, 0.4) is 0 Å². The molecule has 6 nitrogen and oxygen atoms in total. The van der Waals surface area contributed by atoms with Gasteiger partial charge >= 0.3 is 0 Å². The van der Waals surface area contributed by atoms with Gasteiger partial charge in [0, 0.05) is 50.1 Å². The van der Waals surface area contributed by atoms with Crippen molar-refractivity contribution in [2.45, 2.75) is 40.0 Å². The topological polar surface area (TPSA) is 70.7 Å². The minimum atomic E-state index is -0.107. The van der Waals surface area contributed by atoms with Crippen LogP contribution in [0.5, 0.6) is 0 Å². The van der Waals surface area contributed by atoms with Gasteiger partial charge in [-0.1, -0.05) is 13.8 Å². The lowest BCUT2D eigenvalue weighted by Gasteiger charge is -2.22. The van der Waals surface area contributed by atoms with Crippen molar-refractivity contribution < 1.29 is 14.3 Å². The first-order valence-corrected chi connectivity index (χ1v) is 9.58. The average Bonchev–Trinajstić information content (AvgIpc) is 3.15. The van der Waals surface area contributed by atoms with Crippen LogP contribution in [0, 0.1) is 5.92 Å². The summed E-state index contributed by atoms with van der Waals surface area (Å²) in [4.78, 5) is 26.9. The summed E-state index contributed by atoms with van der Waals surface area (Å²) < 4.78 is 5.30. The highest BCUT2D eigenvalue weighted by Crippen LogP contribution is 2.27. The van der Waals surface area contributed by atoms with Crippen molar-refractivity contribution in [2.24, 2.45) is 5.92 Å². The van der Waals surface area contributed by atoms with Crippen molar-refractivity contribution >= 4 is 23.2 Å². The summed E-state index contributed by atoms with van der Waals surface area (Å²) in [7, 11) is 0. The van der Waals surface area contributed by atoms with Crippen LogP contribution in [0.4, 0.5) is 11.4 Å². The third-order valence-electron chi connectivity index (χ3n) is 4.43. The van der Waals surface area contributed by atoms with E-state index in [2.05, 4.69) is 15.5 Å². The Labute approximate surface area is 156 Å². The molecule has 1 aromatic carbocycles. The highest BCUT2D eigenvalue weighted by Gasteiger charge is 2.20. The van der Waals surface area contributed by atoms with E-state index in [0.29, 0.717) is 31.0 Å². The minimum absolute atomic E-state index is 0.0537. The molecule has 1 heterocycles. The van der Waals surface area contributed by atoms with E-state index in [1.54, 1.807) is 6.07 Å². The van der Waals surface area contributed by atoms with Crippen molar-refractivity contribution in [1.82, 2.24) is 5.32 Å². The molecule has 0 atom stereocenters. The summed E-state index contributed by atoms with van der Waals surface area (Å²) in [5.41, 5.74) is 2.21. The molecule has 2 rings (SSSR count). The molecule has 0 saturated carbocycles. The number of amides is 2. The molecule has 1 fully saturated rings. The molecule has 0 unspecified atom stereocenters. The van der Waals surface area contributed by atoms with E-state index in [4.69, 9.17) is 4.74 Å². The summed E-state index contributed by atoms with van der Waals surface area (Å²) in [5.74, 6) is -0.268. The Hall–Kier alpha value is -2.08. The van der Waals surface area contributed by atoms with Crippen LogP contribution < -0.4 is 15.5 Å². The van der Waals surface area contributed by atoms with Gasteiger partial charge in [0.1, 0.15) is 0 Å².